The van der Waals surface area contributed by atoms with Gasteiger partial charge in [0.15, 0.2) is 18.8 Å². The van der Waals surface area contributed by atoms with E-state index in [2.05, 4.69) is 95.6 Å². The molecule has 10 rings (SSSR count). The highest BCUT2D eigenvalue weighted by Gasteiger charge is 2.46. The van der Waals surface area contributed by atoms with Gasteiger partial charge in [0.2, 0.25) is 5.95 Å². The summed E-state index contributed by atoms with van der Waals surface area (Å²) in [4.78, 5) is 15.4. The van der Waals surface area contributed by atoms with E-state index in [9.17, 15) is 0 Å². The van der Waals surface area contributed by atoms with Gasteiger partial charge in [-0.05, 0) is 40.5 Å². The van der Waals surface area contributed by atoms with Crippen LogP contribution in [0.15, 0.2) is 170 Å². The standard InChI is InChI=1S/C45H31N4OP/c50-51(34-28-27-30-15-7-8-20-33(30)29-34)39-25-13-10-22-36(39)41-35-21-9-12-24-38(35)49(42(41)37-23-11-14-26-40(37)51)45-47-43(31-16-3-1-4-17-31)46-44(48-45)32-18-5-2-6-19-32/h1-25,27-29,40H,26H2. The number of fused-ring (bicyclic) bond motifs is 8. The number of nitrogens with zero attached hydrogens (tertiary/aromatic N) is 4. The van der Waals surface area contributed by atoms with Crippen molar-refractivity contribution in [2.75, 3.05) is 0 Å². The molecule has 0 fully saturated rings. The van der Waals surface area contributed by atoms with Crippen molar-refractivity contribution in [2.24, 2.45) is 0 Å². The highest BCUT2D eigenvalue weighted by atomic mass is 31.2. The van der Waals surface area contributed by atoms with E-state index in [4.69, 9.17) is 15.0 Å². The zero-order chi connectivity index (χ0) is 33.9. The van der Waals surface area contributed by atoms with Crippen LogP contribution in [0.2, 0.25) is 0 Å². The third-order valence-corrected chi connectivity index (χ3v) is 13.8. The number of hydrogen-bond acceptors (Lipinski definition) is 4. The van der Waals surface area contributed by atoms with Crippen molar-refractivity contribution < 1.29 is 4.57 Å². The van der Waals surface area contributed by atoms with E-state index in [-0.39, 0.29) is 5.66 Å². The van der Waals surface area contributed by atoms with E-state index in [1.807, 2.05) is 78.9 Å². The molecule has 51 heavy (non-hydrogen) atoms. The van der Waals surface area contributed by atoms with Gasteiger partial charge in [0, 0.05) is 32.7 Å². The fourth-order valence-electron chi connectivity index (χ4n) is 7.93. The maximum atomic E-state index is 16.4. The summed E-state index contributed by atoms with van der Waals surface area (Å²) in [5.74, 6) is 1.71. The van der Waals surface area contributed by atoms with Gasteiger partial charge >= 0.3 is 0 Å². The number of allylic oxidation sites excluding steroid dienone is 4. The summed E-state index contributed by atoms with van der Waals surface area (Å²) in [6, 6.07) is 51.6. The molecule has 0 saturated heterocycles. The molecule has 0 N–H and O–H groups in total. The van der Waals surface area contributed by atoms with Crippen LogP contribution in [0.3, 0.4) is 0 Å². The Morgan fingerprint density at radius 2 is 1.27 bits per heavy atom. The molecule has 1 aliphatic carbocycles. The maximum Gasteiger partial charge on any atom is 0.238 e. The Balaban J connectivity index is 1.31. The molecular weight excluding hydrogens is 643 g/mol. The van der Waals surface area contributed by atoms with Crippen LogP contribution in [-0.4, -0.2) is 25.2 Å². The van der Waals surface area contributed by atoms with E-state index in [0.717, 1.165) is 65.8 Å². The molecule has 2 unspecified atom stereocenters. The largest absolute Gasteiger partial charge is 0.313 e. The molecule has 2 aromatic heterocycles. The van der Waals surface area contributed by atoms with E-state index in [1.165, 1.54) is 0 Å². The van der Waals surface area contributed by atoms with Crippen LogP contribution in [0.5, 0.6) is 0 Å². The topological polar surface area (TPSA) is 60.7 Å². The van der Waals surface area contributed by atoms with Gasteiger partial charge in [0.25, 0.3) is 0 Å². The van der Waals surface area contributed by atoms with Crippen molar-refractivity contribution in [2.45, 2.75) is 12.1 Å². The molecule has 1 aliphatic heterocycles. The zero-order valence-corrected chi connectivity index (χ0v) is 28.5. The second-order valence-corrected chi connectivity index (χ2v) is 16.0. The molecule has 6 heteroatoms. The summed E-state index contributed by atoms with van der Waals surface area (Å²) < 4.78 is 18.6. The van der Waals surface area contributed by atoms with Gasteiger partial charge in [-0.3, -0.25) is 4.57 Å². The molecule has 0 radical (unpaired) electrons. The van der Waals surface area contributed by atoms with Crippen LogP contribution < -0.4 is 10.6 Å². The van der Waals surface area contributed by atoms with Gasteiger partial charge < -0.3 is 4.57 Å². The fourth-order valence-corrected chi connectivity index (χ4v) is 11.4. The lowest BCUT2D eigenvalue weighted by molar-refractivity contribution is 0.583. The first-order valence-corrected chi connectivity index (χ1v) is 19.0. The van der Waals surface area contributed by atoms with Crippen molar-refractivity contribution in [1.82, 2.24) is 19.5 Å². The lowest BCUT2D eigenvalue weighted by Crippen LogP contribution is -2.27. The second kappa shape index (κ2) is 11.7. The second-order valence-electron chi connectivity index (χ2n) is 13.1. The lowest BCUT2D eigenvalue weighted by atomic mass is 9.94. The minimum Gasteiger partial charge on any atom is -0.313 e. The summed E-state index contributed by atoms with van der Waals surface area (Å²) in [5, 5.41) is 5.04. The van der Waals surface area contributed by atoms with E-state index < -0.39 is 7.14 Å². The number of aromatic nitrogens is 4. The quantitative estimate of drug-likeness (QED) is 0.174. The Labute approximate surface area is 295 Å². The highest BCUT2D eigenvalue weighted by molar-refractivity contribution is 7.80. The van der Waals surface area contributed by atoms with Gasteiger partial charge in [-0.2, -0.15) is 9.97 Å². The first-order valence-electron chi connectivity index (χ1n) is 17.3. The molecule has 2 atom stereocenters. The summed E-state index contributed by atoms with van der Waals surface area (Å²) in [5.41, 5.74) is 6.54. The first-order chi connectivity index (χ1) is 25.2. The molecule has 8 aromatic rings. The monoisotopic (exact) mass is 674 g/mol. The zero-order valence-electron chi connectivity index (χ0n) is 27.6. The Bertz CT molecular complexity index is 2710. The van der Waals surface area contributed by atoms with Gasteiger partial charge in [-0.25, -0.2) is 4.98 Å². The summed E-state index contributed by atoms with van der Waals surface area (Å²) >= 11 is 0. The number of rotatable bonds is 4. The molecular formula is C45H31N4OP. The Kier molecular flexibility index (Phi) is 6.83. The minimum absolute atomic E-state index is 0.293. The highest BCUT2D eigenvalue weighted by Crippen LogP contribution is 2.61. The number of hydrogen-bond donors (Lipinski definition) is 0. The molecule has 0 amide bonds. The predicted octanol–water partition coefficient (Wildman–Crippen LogP) is 10.0. The normalized spacial score (nSPS) is 17.7. The van der Waals surface area contributed by atoms with Crippen LogP contribution in [0.1, 0.15) is 12.1 Å². The molecule has 6 aromatic carbocycles. The Hall–Kier alpha value is -6.16. The predicted molar refractivity (Wildman–Crippen MR) is 209 cm³/mol. The maximum absolute atomic E-state index is 16.4. The van der Waals surface area contributed by atoms with Crippen molar-refractivity contribution in [3.8, 4) is 39.9 Å². The summed E-state index contributed by atoms with van der Waals surface area (Å²) in [7, 11) is -3.27. The van der Waals surface area contributed by atoms with Gasteiger partial charge in [-0.1, -0.05) is 158 Å². The van der Waals surface area contributed by atoms with Gasteiger partial charge in [-0.15, -0.1) is 0 Å². The minimum atomic E-state index is -3.27. The van der Waals surface area contributed by atoms with Crippen LogP contribution >= 0.6 is 7.14 Å². The van der Waals surface area contributed by atoms with E-state index in [0.29, 0.717) is 24.0 Å². The molecule has 0 spiro atoms. The van der Waals surface area contributed by atoms with Crippen molar-refractivity contribution in [3.05, 3.63) is 176 Å². The average molecular weight is 675 g/mol. The fraction of sp³-hybridized carbons (Fsp3) is 0.0444. The molecule has 5 nitrogen and oxygen atoms in total. The van der Waals surface area contributed by atoms with Gasteiger partial charge in [0.05, 0.1) is 16.9 Å². The Morgan fingerprint density at radius 3 is 2.04 bits per heavy atom. The van der Waals surface area contributed by atoms with Crippen LogP contribution in [0.4, 0.5) is 0 Å². The molecule has 242 valence electrons. The molecule has 0 bridgehead atoms. The third kappa shape index (κ3) is 4.62. The number of benzene rings is 6. The average Bonchev–Trinajstić information content (AvgIpc) is 3.51. The van der Waals surface area contributed by atoms with E-state index >= 15 is 4.57 Å². The first kappa shape index (κ1) is 29.7. The van der Waals surface area contributed by atoms with Crippen molar-refractivity contribution >= 4 is 45.0 Å². The van der Waals surface area contributed by atoms with Crippen molar-refractivity contribution in [1.29, 1.82) is 0 Å². The SMILES string of the molecule is O=P1(c2ccc3ccccc3c2)c2ccccc2-c2c(n(-c3nc(-c4ccccc4)nc(-c4ccccc4)n3)c3ccccc23)C2=CC=CCC21. The summed E-state index contributed by atoms with van der Waals surface area (Å²) in [6.07, 6.45) is 7.08. The smallest absolute Gasteiger partial charge is 0.238 e. The third-order valence-electron chi connectivity index (χ3n) is 10.3. The van der Waals surface area contributed by atoms with Crippen molar-refractivity contribution in [3.63, 3.8) is 0 Å². The summed E-state index contributed by atoms with van der Waals surface area (Å²) in [6.45, 7) is 0. The van der Waals surface area contributed by atoms with Crippen LogP contribution in [0, 0.1) is 0 Å². The molecule has 0 saturated carbocycles. The van der Waals surface area contributed by atoms with Crippen LogP contribution in [0.25, 0.3) is 67.1 Å². The van der Waals surface area contributed by atoms with E-state index in [1.54, 1.807) is 0 Å². The molecule has 3 heterocycles. The lowest BCUT2D eigenvalue weighted by Gasteiger charge is -2.31. The number of para-hydroxylation sites is 1. The van der Waals surface area contributed by atoms with Gasteiger partial charge in [0.1, 0.15) is 0 Å². The van der Waals surface area contributed by atoms with Crippen LogP contribution in [-0.2, 0) is 4.57 Å². The molecule has 2 aliphatic rings. The Morgan fingerprint density at radius 1 is 0.627 bits per heavy atom.